The number of rotatable bonds is 2. The summed E-state index contributed by atoms with van der Waals surface area (Å²) in [5.74, 6) is 0.129. The van der Waals surface area contributed by atoms with Crippen LogP contribution in [-0.4, -0.2) is 16.0 Å². The highest BCUT2D eigenvalue weighted by atomic mass is 16.3. The van der Waals surface area contributed by atoms with Gasteiger partial charge in [0.25, 0.3) is 5.91 Å². The highest BCUT2D eigenvalue weighted by Crippen LogP contribution is 2.40. The number of anilines is 1. The molecule has 1 N–H and O–H groups in total. The number of phenolic OH excluding ortho intramolecular Hbond substituents is 1. The lowest BCUT2D eigenvalue weighted by atomic mass is 9.98. The van der Waals surface area contributed by atoms with Gasteiger partial charge >= 0.3 is 0 Å². The number of benzene rings is 2. The molecule has 0 unspecified atom stereocenters. The zero-order valence-corrected chi connectivity index (χ0v) is 15.5. The molecule has 0 bridgehead atoms. The van der Waals surface area contributed by atoms with Gasteiger partial charge in [-0.15, -0.1) is 0 Å². The molecule has 1 amide bonds. The fourth-order valence-corrected chi connectivity index (χ4v) is 3.73. The van der Waals surface area contributed by atoms with E-state index in [0.29, 0.717) is 22.4 Å². The number of amides is 1. The Kier molecular flexibility index (Phi) is 3.74. The van der Waals surface area contributed by atoms with Crippen molar-refractivity contribution in [2.24, 2.45) is 0 Å². The molecule has 142 valence electrons. The smallest absolute Gasteiger partial charge is 0.296 e. The van der Waals surface area contributed by atoms with Gasteiger partial charge in [-0.25, -0.2) is 4.98 Å². The number of aryl methyl sites for hydroxylation is 1. The van der Waals surface area contributed by atoms with Gasteiger partial charge in [0, 0.05) is 6.20 Å². The SMILES string of the molecule is Cc1ccc(N2C(=O)c3oc4ccccc4c(=O)c3[C@@H]2c2ccc(O)cc2)nc1. The lowest BCUT2D eigenvalue weighted by Crippen LogP contribution is -2.30. The van der Waals surface area contributed by atoms with Crippen molar-refractivity contribution < 1.29 is 14.3 Å². The van der Waals surface area contributed by atoms with Crippen molar-refractivity contribution in [3.05, 3.63) is 99.5 Å². The van der Waals surface area contributed by atoms with E-state index < -0.39 is 11.9 Å². The number of carbonyl (C=O) groups excluding carboxylic acids is 1. The zero-order chi connectivity index (χ0) is 20.1. The van der Waals surface area contributed by atoms with Crippen LogP contribution in [0.2, 0.25) is 0 Å². The molecular weight excluding hydrogens is 368 g/mol. The number of hydrogen-bond donors (Lipinski definition) is 1. The number of pyridine rings is 1. The Morgan fingerprint density at radius 3 is 2.48 bits per heavy atom. The minimum Gasteiger partial charge on any atom is -0.508 e. The Morgan fingerprint density at radius 1 is 1.00 bits per heavy atom. The van der Waals surface area contributed by atoms with E-state index in [4.69, 9.17) is 4.42 Å². The number of nitrogens with zero attached hydrogens (tertiary/aromatic N) is 2. The summed E-state index contributed by atoms with van der Waals surface area (Å²) < 4.78 is 5.88. The predicted octanol–water partition coefficient (Wildman–Crippen LogP) is 3.95. The van der Waals surface area contributed by atoms with E-state index in [1.165, 1.54) is 17.0 Å². The highest BCUT2D eigenvalue weighted by molar-refractivity contribution is 6.10. The summed E-state index contributed by atoms with van der Waals surface area (Å²) in [5.41, 5.74) is 2.04. The maximum atomic E-state index is 13.3. The van der Waals surface area contributed by atoms with Crippen molar-refractivity contribution in [1.82, 2.24) is 4.98 Å². The molecule has 29 heavy (non-hydrogen) atoms. The summed E-state index contributed by atoms with van der Waals surface area (Å²) in [6, 6.07) is 16.2. The number of para-hydroxylation sites is 1. The van der Waals surface area contributed by atoms with E-state index in [2.05, 4.69) is 4.98 Å². The van der Waals surface area contributed by atoms with E-state index in [1.54, 1.807) is 48.7 Å². The Morgan fingerprint density at radius 2 is 1.76 bits per heavy atom. The standard InChI is InChI=1S/C23H16N2O4/c1-13-6-11-18(24-12-13)25-20(14-7-9-15(26)10-8-14)19-21(27)16-4-2-3-5-17(16)29-22(19)23(25)28/h2-12,20,26H,1H3/t20-/m0/s1. The van der Waals surface area contributed by atoms with E-state index in [0.717, 1.165) is 5.56 Å². The minimum atomic E-state index is -0.700. The first-order valence-electron chi connectivity index (χ1n) is 9.15. The van der Waals surface area contributed by atoms with Crippen molar-refractivity contribution in [2.45, 2.75) is 13.0 Å². The third-order valence-electron chi connectivity index (χ3n) is 5.13. The van der Waals surface area contributed by atoms with Crippen molar-refractivity contribution in [3.8, 4) is 5.75 Å². The molecule has 6 nitrogen and oxygen atoms in total. The highest BCUT2D eigenvalue weighted by Gasteiger charge is 2.44. The number of carbonyl (C=O) groups is 1. The van der Waals surface area contributed by atoms with Gasteiger partial charge < -0.3 is 9.52 Å². The summed E-state index contributed by atoms with van der Waals surface area (Å²) >= 11 is 0. The summed E-state index contributed by atoms with van der Waals surface area (Å²) in [7, 11) is 0. The van der Waals surface area contributed by atoms with Crippen LogP contribution in [0.3, 0.4) is 0 Å². The van der Waals surface area contributed by atoms with Crippen LogP contribution in [0.1, 0.15) is 33.3 Å². The van der Waals surface area contributed by atoms with Gasteiger partial charge in [0.15, 0.2) is 5.43 Å². The summed E-state index contributed by atoms with van der Waals surface area (Å²) in [6.07, 6.45) is 1.67. The Balaban J connectivity index is 1.81. The third-order valence-corrected chi connectivity index (χ3v) is 5.13. The molecule has 0 radical (unpaired) electrons. The molecule has 2 aromatic carbocycles. The van der Waals surface area contributed by atoms with E-state index in [1.807, 2.05) is 13.0 Å². The Labute approximate surface area is 165 Å². The molecule has 1 aliphatic heterocycles. The van der Waals surface area contributed by atoms with Crippen LogP contribution in [0.5, 0.6) is 5.75 Å². The molecule has 3 heterocycles. The first-order chi connectivity index (χ1) is 14.0. The second-order valence-corrected chi connectivity index (χ2v) is 7.03. The number of phenols is 1. The Hall–Kier alpha value is -3.93. The molecule has 2 aromatic heterocycles. The molecule has 0 spiro atoms. The zero-order valence-electron chi connectivity index (χ0n) is 15.5. The van der Waals surface area contributed by atoms with Crippen LogP contribution in [0, 0.1) is 6.92 Å². The quantitative estimate of drug-likeness (QED) is 0.566. The fraction of sp³-hybridized carbons (Fsp3) is 0.0870. The van der Waals surface area contributed by atoms with Gasteiger partial charge in [-0.3, -0.25) is 14.5 Å². The van der Waals surface area contributed by atoms with Crippen molar-refractivity contribution in [1.29, 1.82) is 0 Å². The second-order valence-electron chi connectivity index (χ2n) is 7.03. The number of aromatic hydroxyl groups is 1. The van der Waals surface area contributed by atoms with Gasteiger partial charge in [-0.2, -0.15) is 0 Å². The van der Waals surface area contributed by atoms with Crippen LogP contribution < -0.4 is 10.3 Å². The summed E-state index contributed by atoms with van der Waals surface area (Å²) in [5, 5.41) is 10.1. The molecule has 0 saturated heterocycles. The summed E-state index contributed by atoms with van der Waals surface area (Å²) in [4.78, 5) is 32.5. The van der Waals surface area contributed by atoms with Gasteiger partial charge in [0.05, 0.1) is 17.0 Å². The van der Waals surface area contributed by atoms with Crippen molar-refractivity contribution in [2.75, 3.05) is 4.90 Å². The molecule has 5 rings (SSSR count). The van der Waals surface area contributed by atoms with E-state index >= 15 is 0 Å². The number of hydrogen-bond acceptors (Lipinski definition) is 5. The maximum Gasteiger partial charge on any atom is 0.296 e. The molecule has 4 aromatic rings. The van der Waals surface area contributed by atoms with E-state index in [9.17, 15) is 14.7 Å². The molecule has 0 fully saturated rings. The maximum absolute atomic E-state index is 13.3. The first kappa shape index (κ1) is 17.2. The lowest BCUT2D eigenvalue weighted by molar-refractivity contribution is 0.0970. The molecule has 1 atom stereocenters. The van der Waals surface area contributed by atoms with Crippen LogP contribution >= 0.6 is 0 Å². The molecule has 6 heteroatoms. The van der Waals surface area contributed by atoms with Gasteiger partial charge in [-0.05, 0) is 48.4 Å². The Bertz CT molecular complexity index is 1310. The number of aromatic nitrogens is 1. The van der Waals surface area contributed by atoms with E-state index in [-0.39, 0.29) is 22.5 Å². The average molecular weight is 384 g/mol. The monoisotopic (exact) mass is 384 g/mol. The van der Waals surface area contributed by atoms with Crippen molar-refractivity contribution >= 4 is 22.7 Å². The second kappa shape index (κ2) is 6.31. The van der Waals surface area contributed by atoms with Crippen LogP contribution in [0.25, 0.3) is 11.0 Å². The lowest BCUT2D eigenvalue weighted by Gasteiger charge is -2.24. The summed E-state index contributed by atoms with van der Waals surface area (Å²) in [6.45, 7) is 1.91. The van der Waals surface area contributed by atoms with Gasteiger partial charge in [0.1, 0.15) is 17.2 Å². The largest absolute Gasteiger partial charge is 0.508 e. The van der Waals surface area contributed by atoms with Crippen LogP contribution in [-0.2, 0) is 0 Å². The normalized spacial score (nSPS) is 15.7. The molecule has 0 saturated carbocycles. The van der Waals surface area contributed by atoms with Gasteiger partial charge in [0.2, 0.25) is 5.76 Å². The van der Waals surface area contributed by atoms with Crippen LogP contribution in [0.15, 0.2) is 76.1 Å². The fourth-order valence-electron chi connectivity index (χ4n) is 3.73. The van der Waals surface area contributed by atoms with Crippen molar-refractivity contribution in [3.63, 3.8) is 0 Å². The molecular formula is C23H16N2O4. The minimum absolute atomic E-state index is 0.0224. The van der Waals surface area contributed by atoms with Gasteiger partial charge in [-0.1, -0.05) is 30.3 Å². The van der Waals surface area contributed by atoms with Crippen LogP contribution in [0.4, 0.5) is 5.82 Å². The molecule has 1 aliphatic rings. The number of fused-ring (bicyclic) bond motifs is 2. The first-order valence-corrected chi connectivity index (χ1v) is 9.15. The topological polar surface area (TPSA) is 83.6 Å². The predicted molar refractivity (Wildman–Crippen MR) is 108 cm³/mol. The molecule has 0 aliphatic carbocycles. The third kappa shape index (κ3) is 2.61. The average Bonchev–Trinajstić information content (AvgIpc) is 3.02.